The van der Waals surface area contributed by atoms with Crippen LogP contribution in [0.3, 0.4) is 0 Å². The quantitative estimate of drug-likeness (QED) is 0.511. The molecule has 0 unspecified atom stereocenters. The minimum absolute atomic E-state index is 0.219. The first kappa shape index (κ1) is 22.6. The summed E-state index contributed by atoms with van der Waals surface area (Å²) >= 11 is 0. The first-order valence-corrected chi connectivity index (χ1v) is 11.2. The Hall–Kier alpha value is -3.55. The molecule has 174 valence electrons. The largest absolute Gasteiger partial charge is 0.455 e. The number of aromatic nitrogens is 1. The lowest BCUT2D eigenvalue weighted by Crippen LogP contribution is -2.38. The number of piperidine rings is 1. The number of anilines is 2. The van der Waals surface area contributed by atoms with Gasteiger partial charge in [-0.05, 0) is 42.7 Å². The van der Waals surface area contributed by atoms with Gasteiger partial charge in [0.1, 0.15) is 5.52 Å². The van der Waals surface area contributed by atoms with Gasteiger partial charge < -0.3 is 23.9 Å². The minimum Gasteiger partial charge on any atom is -0.455 e. The fourth-order valence-corrected chi connectivity index (χ4v) is 3.92. The van der Waals surface area contributed by atoms with Gasteiger partial charge in [0, 0.05) is 46.5 Å². The van der Waals surface area contributed by atoms with E-state index in [0.717, 1.165) is 22.4 Å². The van der Waals surface area contributed by atoms with Crippen molar-refractivity contribution >= 4 is 34.7 Å². The number of hydrogen-bond acceptors (Lipinski definition) is 7. The summed E-state index contributed by atoms with van der Waals surface area (Å²) in [6.07, 6.45) is 1.28. The number of carbonyl (C=O) groups is 2. The number of nitrogens with zero attached hydrogens (tertiary/aromatic N) is 4. The van der Waals surface area contributed by atoms with E-state index in [-0.39, 0.29) is 24.4 Å². The number of ether oxygens (including phenoxy) is 1. The maximum atomic E-state index is 12.5. The van der Waals surface area contributed by atoms with Crippen LogP contribution in [-0.4, -0.2) is 62.6 Å². The average Bonchev–Trinajstić information content (AvgIpc) is 3.27. The SMILES string of the molecule is CN(Cc1ccc(N(C)C)cc1)C(=O)COC(=O)C1CCN(c2nc3ccccc3o2)CC1. The van der Waals surface area contributed by atoms with Gasteiger partial charge >= 0.3 is 5.97 Å². The van der Waals surface area contributed by atoms with Gasteiger partial charge in [0.2, 0.25) is 0 Å². The molecule has 0 atom stereocenters. The molecular formula is C25H30N4O4. The van der Waals surface area contributed by atoms with Crippen molar-refractivity contribution in [1.29, 1.82) is 0 Å². The highest BCUT2D eigenvalue weighted by Gasteiger charge is 2.29. The lowest BCUT2D eigenvalue weighted by Gasteiger charge is -2.29. The second kappa shape index (κ2) is 9.94. The molecule has 8 heteroatoms. The molecule has 33 heavy (non-hydrogen) atoms. The zero-order valence-corrected chi connectivity index (χ0v) is 19.4. The summed E-state index contributed by atoms with van der Waals surface area (Å²) in [7, 11) is 5.69. The van der Waals surface area contributed by atoms with E-state index >= 15 is 0 Å². The third kappa shape index (κ3) is 5.45. The van der Waals surface area contributed by atoms with Gasteiger partial charge in [-0.15, -0.1) is 0 Å². The highest BCUT2D eigenvalue weighted by atomic mass is 16.5. The minimum atomic E-state index is -0.315. The lowest BCUT2D eigenvalue weighted by molar-refractivity contribution is -0.155. The standard InChI is InChI=1S/C25H30N4O4/c1-27(2)20-10-8-18(9-11-20)16-28(3)23(30)17-32-24(31)19-12-14-29(15-13-19)25-26-21-6-4-5-7-22(21)33-25/h4-11,19H,12-17H2,1-3H3. The summed E-state index contributed by atoms with van der Waals surface area (Å²) in [5, 5.41) is 0. The van der Waals surface area contributed by atoms with E-state index in [1.165, 1.54) is 0 Å². The molecule has 2 heterocycles. The van der Waals surface area contributed by atoms with E-state index in [1.54, 1.807) is 11.9 Å². The monoisotopic (exact) mass is 450 g/mol. The Morgan fingerprint density at radius 2 is 1.76 bits per heavy atom. The van der Waals surface area contributed by atoms with Crippen LogP contribution in [0.1, 0.15) is 18.4 Å². The lowest BCUT2D eigenvalue weighted by atomic mass is 9.97. The van der Waals surface area contributed by atoms with Crippen LogP contribution in [0, 0.1) is 5.92 Å². The van der Waals surface area contributed by atoms with Crippen LogP contribution in [0.15, 0.2) is 52.9 Å². The van der Waals surface area contributed by atoms with E-state index in [1.807, 2.05) is 72.4 Å². The van der Waals surface area contributed by atoms with Crippen molar-refractivity contribution in [1.82, 2.24) is 9.88 Å². The number of para-hydroxylation sites is 2. The van der Waals surface area contributed by atoms with Crippen LogP contribution in [0.2, 0.25) is 0 Å². The smallest absolute Gasteiger partial charge is 0.309 e. The van der Waals surface area contributed by atoms with Gasteiger partial charge in [-0.25, -0.2) is 0 Å². The van der Waals surface area contributed by atoms with Crippen molar-refractivity contribution in [3.8, 4) is 0 Å². The summed E-state index contributed by atoms with van der Waals surface area (Å²) < 4.78 is 11.2. The van der Waals surface area contributed by atoms with Gasteiger partial charge in [-0.2, -0.15) is 4.98 Å². The number of benzene rings is 2. The summed E-state index contributed by atoms with van der Waals surface area (Å²) in [5.74, 6) is -0.754. The fraction of sp³-hybridized carbons (Fsp3) is 0.400. The van der Waals surface area contributed by atoms with Crippen molar-refractivity contribution in [2.45, 2.75) is 19.4 Å². The fourth-order valence-electron chi connectivity index (χ4n) is 3.92. The van der Waals surface area contributed by atoms with E-state index in [4.69, 9.17) is 9.15 Å². The zero-order chi connectivity index (χ0) is 23.4. The Bertz CT molecular complexity index is 1070. The number of esters is 1. The van der Waals surface area contributed by atoms with Crippen LogP contribution in [-0.2, 0) is 20.9 Å². The van der Waals surface area contributed by atoms with Gasteiger partial charge in [0.25, 0.3) is 11.9 Å². The Kier molecular flexibility index (Phi) is 6.82. The maximum Gasteiger partial charge on any atom is 0.309 e. The molecule has 8 nitrogen and oxygen atoms in total. The number of oxazole rings is 1. The Morgan fingerprint density at radius 1 is 1.06 bits per heavy atom. The summed E-state index contributed by atoms with van der Waals surface area (Å²) in [4.78, 5) is 35.1. The number of rotatable bonds is 7. The predicted octanol–water partition coefficient (Wildman–Crippen LogP) is 3.31. The van der Waals surface area contributed by atoms with Crippen LogP contribution < -0.4 is 9.80 Å². The third-order valence-corrected chi connectivity index (χ3v) is 6.02. The molecule has 1 aromatic heterocycles. The van der Waals surface area contributed by atoms with Crippen molar-refractivity contribution < 1.29 is 18.7 Å². The molecule has 0 spiro atoms. The van der Waals surface area contributed by atoms with Crippen molar-refractivity contribution in [2.75, 3.05) is 50.6 Å². The molecule has 2 aromatic carbocycles. The van der Waals surface area contributed by atoms with Crippen LogP contribution in [0.5, 0.6) is 0 Å². The molecule has 0 N–H and O–H groups in total. The predicted molar refractivity (Wildman–Crippen MR) is 127 cm³/mol. The normalized spacial score (nSPS) is 14.3. The molecule has 3 aromatic rings. The number of fused-ring (bicyclic) bond motifs is 1. The highest BCUT2D eigenvalue weighted by Crippen LogP contribution is 2.26. The number of hydrogen-bond donors (Lipinski definition) is 0. The number of carbonyl (C=O) groups excluding carboxylic acids is 2. The van der Waals surface area contributed by atoms with Crippen molar-refractivity contribution in [3.05, 3.63) is 54.1 Å². The highest BCUT2D eigenvalue weighted by molar-refractivity contribution is 5.81. The summed E-state index contributed by atoms with van der Waals surface area (Å²) in [6.45, 7) is 1.54. The molecule has 1 fully saturated rings. The molecule has 1 aliphatic heterocycles. The van der Waals surface area contributed by atoms with E-state index in [0.29, 0.717) is 38.5 Å². The molecule has 1 aliphatic rings. The molecule has 4 rings (SSSR count). The van der Waals surface area contributed by atoms with Crippen LogP contribution in [0.25, 0.3) is 11.1 Å². The summed E-state index contributed by atoms with van der Waals surface area (Å²) in [5.41, 5.74) is 3.70. The van der Waals surface area contributed by atoms with Gasteiger partial charge in [0.15, 0.2) is 12.2 Å². The molecule has 0 bridgehead atoms. The second-order valence-electron chi connectivity index (χ2n) is 8.64. The molecule has 0 radical (unpaired) electrons. The van der Waals surface area contributed by atoms with Gasteiger partial charge in [-0.3, -0.25) is 9.59 Å². The maximum absolute atomic E-state index is 12.5. The average molecular weight is 451 g/mol. The molecule has 1 saturated heterocycles. The van der Waals surface area contributed by atoms with Crippen LogP contribution in [0.4, 0.5) is 11.7 Å². The number of likely N-dealkylation sites (N-methyl/N-ethyl adjacent to an activating group) is 1. The zero-order valence-electron chi connectivity index (χ0n) is 19.4. The number of amides is 1. The topological polar surface area (TPSA) is 79.1 Å². The van der Waals surface area contributed by atoms with Gasteiger partial charge in [-0.1, -0.05) is 24.3 Å². The molecule has 1 amide bonds. The van der Waals surface area contributed by atoms with Gasteiger partial charge in [0.05, 0.1) is 5.92 Å². The van der Waals surface area contributed by atoms with E-state index in [9.17, 15) is 9.59 Å². The molecule has 0 aliphatic carbocycles. The second-order valence-corrected chi connectivity index (χ2v) is 8.64. The Balaban J connectivity index is 1.22. The first-order chi connectivity index (χ1) is 15.9. The molecular weight excluding hydrogens is 420 g/mol. The Morgan fingerprint density at radius 3 is 2.42 bits per heavy atom. The summed E-state index contributed by atoms with van der Waals surface area (Å²) in [6, 6.07) is 16.3. The third-order valence-electron chi connectivity index (χ3n) is 6.02. The van der Waals surface area contributed by atoms with Crippen molar-refractivity contribution in [2.24, 2.45) is 5.92 Å². The Labute approximate surface area is 193 Å². The first-order valence-electron chi connectivity index (χ1n) is 11.2. The van der Waals surface area contributed by atoms with E-state index < -0.39 is 0 Å². The van der Waals surface area contributed by atoms with Crippen molar-refractivity contribution in [3.63, 3.8) is 0 Å². The van der Waals surface area contributed by atoms with Crippen LogP contribution >= 0.6 is 0 Å². The van der Waals surface area contributed by atoms with E-state index in [2.05, 4.69) is 4.98 Å². The molecule has 0 saturated carbocycles.